The summed E-state index contributed by atoms with van der Waals surface area (Å²) in [7, 11) is 0. The molecular weight excluding hydrogens is 282 g/mol. The van der Waals surface area contributed by atoms with Gasteiger partial charge in [0.1, 0.15) is 6.04 Å². The van der Waals surface area contributed by atoms with Gasteiger partial charge in [0, 0.05) is 4.47 Å². The van der Waals surface area contributed by atoms with Crippen LogP contribution in [-0.4, -0.2) is 6.18 Å². The molecule has 0 aliphatic heterocycles. The SMILES string of the molecule is Cl.NC(c1cccc(Br)c1)C(F)(F)F. The highest BCUT2D eigenvalue weighted by Crippen LogP contribution is 2.31. The van der Waals surface area contributed by atoms with Crippen LogP contribution in [0.15, 0.2) is 28.7 Å². The maximum absolute atomic E-state index is 12.1. The first-order chi connectivity index (χ1) is 5.91. The zero-order valence-electron chi connectivity index (χ0n) is 6.88. The Bertz CT molecular complexity index is 303. The zero-order valence-corrected chi connectivity index (χ0v) is 9.29. The average Bonchev–Trinajstić information content (AvgIpc) is 2.01. The molecule has 1 atom stereocenters. The largest absolute Gasteiger partial charge is 0.407 e. The molecule has 0 aliphatic carbocycles. The molecule has 80 valence electrons. The molecule has 0 amide bonds. The topological polar surface area (TPSA) is 26.0 Å². The van der Waals surface area contributed by atoms with Gasteiger partial charge in [-0.3, -0.25) is 0 Å². The molecule has 0 spiro atoms. The molecule has 0 aromatic heterocycles. The van der Waals surface area contributed by atoms with E-state index in [4.69, 9.17) is 5.73 Å². The lowest BCUT2D eigenvalue weighted by molar-refractivity contribution is -0.149. The Hall–Kier alpha value is -0.260. The van der Waals surface area contributed by atoms with Crippen molar-refractivity contribution < 1.29 is 13.2 Å². The summed E-state index contributed by atoms with van der Waals surface area (Å²) in [5.74, 6) is 0. The van der Waals surface area contributed by atoms with Gasteiger partial charge in [-0.15, -0.1) is 12.4 Å². The molecule has 1 rings (SSSR count). The van der Waals surface area contributed by atoms with Crippen LogP contribution in [0.1, 0.15) is 11.6 Å². The monoisotopic (exact) mass is 289 g/mol. The quantitative estimate of drug-likeness (QED) is 0.842. The zero-order chi connectivity index (χ0) is 10.1. The van der Waals surface area contributed by atoms with Crippen molar-refractivity contribution >= 4 is 28.3 Å². The number of hydrogen-bond acceptors (Lipinski definition) is 1. The molecule has 6 heteroatoms. The van der Waals surface area contributed by atoms with E-state index in [0.717, 1.165) is 0 Å². The highest BCUT2D eigenvalue weighted by Gasteiger charge is 2.37. The molecule has 1 aromatic carbocycles. The minimum Gasteiger partial charge on any atom is -0.316 e. The number of nitrogens with two attached hydrogens (primary N) is 1. The predicted molar refractivity (Wildman–Crippen MR) is 54.4 cm³/mol. The molecule has 1 aromatic rings. The van der Waals surface area contributed by atoms with E-state index in [1.807, 2.05) is 0 Å². The Kier molecular flexibility index (Phi) is 4.91. The van der Waals surface area contributed by atoms with Crippen LogP contribution in [0.5, 0.6) is 0 Å². The smallest absolute Gasteiger partial charge is 0.316 e. The van der Waals surface area contributed by atoms with Crippen molar-refractivity contribution in [1.82, 2.24) is 0 Å². The third kappa shape index (κ3) is 3.48. The second-order valence-electron chi connectivity index (χ2n) is 2.57. The molecule has 1 nitrogen and oxygen atoms in total. The molecule has 0 radical (unpaired) electrons. The predicted octanol–water partition coefficient (Wildman–Crippen LogP) is 3.43. The molecule has 0 fully saturated rings. The van der Waals surface area contributed by atoms with E-state index in [1.54, 1.807) is 6.07 Å². The highest BCUT2D eigenvalue weighted by atomic mass is 79.9. The summed E-state index contributed by atoms with van der Waals surface area (Å²) in [6, 6.07) is 3.96. The first-order valence-corrected chi connectivity index (χ1v) is 4.28. The Labute approximate surface area is 94.0 Å². The van der Waals surface area contributed by atoms with Gasteiger partial charge in [-0.1, -0.05) is 28.1 Å². The fraction of sp³-hybridized carbons (Fsp3) is 0.250. The standard InChI is InChI=1S/C8H7BrF3N.ClH/c9-6-3-1-2-5(4-6)7(13)8(10,11)12;/h1-4,7H,13H2;1H. The van der Waals surface area contributed by atoms with E-state index in [2.05, 4.69) is 15.9 Å². The van der Waals surface area contributed by atoms with Crippen molar-refractivity contribution in [1.29, 1.82) is 0 Å². The summed E-state index contributed by atoms with van der Waals surface area (Å²) in [5, 5.41) is 0. The molecule has 0 heterocycles. The molecule has 2 N–H and O–H groups in total. The van der Waals surface area contributed by atoms with Crippen molar-refractivity contribution in [2.75, 3.05) is 0 Å². The Morgan fingerprint density at radius 2 is 1.86 bits per heavy atom. The van der Waals surface area contributed by atoms with Gasteiger partial charge in [0.2, 0.25) is 0 Å². The van der Waals surface area contributed by atoms with Crippen molar-refractivity contribution in [2.24, 2.45) is 5.73 Å². The van der Waals surface area contributed by atoms with Gasteiger partial charge in [-0.05, 0) is 17.7 Å². The summed E-state index contributed by atoms with van der Waals surface area (Å²) < 4.78 is 37.0. The van der Waals surface area contributed by atoms with Crippen LogP contribution in [0.25, 0.3) is 0 Å². The maximum Gasteiger partial charge on any atom is 0.407 e. The van der Waals surface area contributed by atoms with E-state index < -0.39 is 12.2 Å². The minimum atomic E-state index is -4.39. The fourth-order valence-corrected chi connectivity index (χ4v) is 1.31. The summed E-state index contributed by atoms with van der Waals surface area (Å²) in [4.78, 5) is 0. The number of rotatable bonds is 1. The Morgan fingerprint density at radius 3 is 2.29 bits per heavy atom. The first-order valence-electron chi connectivity index (χ1n) is 3.49. The maximum atomic E-state index is 12.1. The number of alkyl halides is 3. The van der Waals surface area contributed by atoms with Crippen LogP contribution in [0.2, 0.25) is 0 Å². The van der Waals surface area contributed by atoms with Gasteiger partial charge in [0.15, 0.2) is 0 Å². The van der Waals surface area contributed by atoms with Crippen molar-refractivity contribution in [3.05, 3.63) is 34.3 Å². The molecule has 14 heavy (non-hydrogen) atoms. The normalized spacial score (nSPS) is 13.2. The highest BCUT2D eigenvalue weighted by molar-refractivity contribution is 9.10. The van der Waals surface area contributed by atoms with Gasteiger partial charge >= 0.3 is 6.18 Å². The molecule has 0 saturated heterocycles. The van der Waals surface area contributed by atoms with E-state index in [0.29, 0.717) is 4.47 Å². The third-order valence-corrected chi connectivity index (χ3v) is 2.05. The summed E-state index contributed by atoms with van der Waals surface area (Å²) in [6.45, 7) is 0. The second-order valence-corrected chi connectivity index (χ2v) is 3.49. The summed E-state index contributed by atoms with van der Waals surface area (Å²) >= 11 is 3.07. The van der Waals surface area contributed by atoms with Crippen LogP contribution in [0, 0.1) is 0 Å². The molecule has 1 unspecified atom stereocenters. The van der Waals surface area contributed by atoms with Gasteiger partial charge in [0.25, 0.3) is 0 Å². The van der Waals surface area contributed by atoms with Crippen molar-refractivity contribution in [2.45, 2.75) is 12.2 Å². The van der Waals surface area contributed by atoms with Crippen molar-refractivity contribution in [3.8, 4) is 0 Å². The van der Waals surface area contributed by atoms with Gasteiger partial charge < -0.3 is 5.73 Å². The van der Waals surface area contributed by atoms with E-state index in [9.17, 15) is 13.2 Å². The minimum absolute atomic E-state index is 0. The summed E-state index contributed by atoms with van der Waals surface area (Å²) in [5.41, 5.74) is 5.05. The second kappa shape index (κ2) is 5.00. The summed E-state index contributed by atoms with van der Waals surface area (Å²) in [6.07, 6.45) is -4.39. The molecular formula is C8H8BrClF3N. The van der Waals surface area contributed by atoms with Crippen LogP contribution < -0.4 is 5.73 Å². The van der Waals surface area contributed by atoms with Crippen molar-refractivity contribution in [3.63, 3.8) is 0 Å². The van der Waals surface area contributed by atoms with E-state index in [1.165, 1.54) is 18.2 Å². The number of halogens is 5. The third-order valence-electron chi connectivity index (χ3n) is 1.56. The molecule has 0 aliphatic rings. The lowest BCUT2D eigenvalue weighted by Crippen LogP contribution is -2.28. The lowest BCUT2D eigenvalue weighted by Gasteiger charge is -2.15. The first kappa shape index (κ1) is 13.7. The van der Waals surface area contributed by atoms with Gasteiger partial charge in [0.05, 0.1) is 0 Å². The van der Waals surface area contributed by atoms with Crippen LogP contribution >= 0.6 is 28.3 Å². The Balaban J connectivity index is 0.00000169. The number of benzene rings is 1. The average molecular weight is 291 g/mol. The van der Waals surface area contributed by atoms with Crippen LogP contribution in [0.3, 0.4) is 0 Å². The van der Waals surface area contributed by atoms with Crippen LogP contribution in [-0.2, 0) is 0 Å². The van der Waals surface area contributed by atoms with Gasteiger partial charge in [-0.2, -0.15) is 13.2 Å². The van der Waals surface area contributed by atoms with E-state index >= 15 is 0 Å². The lowest BCUT2D eigenvalue weighted by atomic mass is 10.1. The Morgan fingerprint density at radius 1 is 1.29 bits per heavy atom. The number of hydrogen-bond donors (Lipinski definition) is 1. The van der Waals surface area contributed by atoms with Crippen LogP contribution in [0.4, 0.5) is 13.2 Å². The van der Waals surface area contributed by atoms with Gasteiger partial charge in [-0.25, -0.2) is 0 Å². The van der Waals surface area contributed by atoms with E-state index in [-0.39, 0.29) is 18.0 Å². The fourth-order valence-electron chi connectivity index (χ4n) is 0.889. The molecule has 0 saturated carbocycles. The molecule has 0 bridgehead atoms.